The van der Waals surface area contributed by atoms with Gasteiger partial charge in [-0.15, -0.1) is 24.8 Å². The Bertz CT molecular complexity index is 507. The first-order valence-corrected chi connectivity index (χ1v) is 7.39. The smallest absolute Gasteiger partial charge is 0.241 e. The van der Waals surface area contributed by atoms with Gasteiger partial charge in [-0.2, -0.15) is 0 Å². The molecule has 8 heteroatoms. The zero-order valence-corrected chi connectivity index (χ0v) is 16.2. The van der Waals surface area contributed by atoms with Crippen LogP contribution in [-0.4, -0.2) is 43.4 Å². The summed E-state index contributed by atoms with van der Waals surface area (Å²) in [4.78, 5) is 25.4. The number of halogens is 2. The van der Waals surface area contributed by atoms with Crippen molar-refractivity contribution < 1.29 is 9.59 Å². The summed E-state index contributed by atoms with van der Waals surface area (Å²) >= 11 is 0. The molecule has 0 bridgehead atoms. The van der Waals surface area contributed by atoms with E-state index < -0.39 is 6.04 Å². The third-order valence-corrected chi connectivity index (χ3v) is 2.96. The Morgan fingerprint density at radius 3 is 1.92 bits per heavy atom. The molecule has 0 aliphatic heterocycles. The van der Waals surface area contributed by atoms with Crippen molar-refractivity contribution >= 4 is 48.0 Å². The lowest BCUT2D eigenvalue weighted by molar-refractivity contribution is -0.118. The van der Waals surface area contributed by atoms with Crippen LogP contribution in [0.3, 0.4) is 0 Å². The molecular weight excluding hydrogens is 351 g/mol. The van der Waals surface area contributed by atoms with E-state index in [-0.39, 0.29) is 36.6 Å². The number of hydrogen-bond acceptors (Lipinski definition) is 4. The molecule has 2 amide bonds. The van der Waals surface area contributed by atoms with Crippen LogP contribution in [0.15, 0.2) is 24.3 Å². The van der Waals surface area contributed by atoms with Crippen LogP contribution in [0.25, 0.3) is 0 Å². The number of anilines is 2. The van der Waals surface area contributed by atoms with Gasteiger partial charge in [-0.25, -0.2) is 0 Å². The normalized spacial score (nSPS) is 11.3. The summed E-state index contributed by atoms with van der Waals surface area (Å²) in [5.41, 5.74) is 7.19. The van der Waals surface area contributed by atoms with E-state index in [0.29, 0.717) is 30.3 Å². The van der Waals surface area contributed by atoms with E-state index >= 15 is 0 Å². The highest BCUT2D eigenvalue weighted by Gasteiger charge is 2.15. The molecule has 6 nitrogen and oxygen atoms in total. The van der Waals surface area contributed by atoms with E-state index in [1.54, 1.807) is 29.2 Å². The Kier molecular flexibility index (Phi) is 12.5. The van der Waals surface area contributed by atoms with Crippen LogP contribution < -0.4 is 16.4 Å². The largest absolute Gasteiger partial charge is 0.325 e. The minimum absolute atomic E-state index is 0. The van der Waals surface area contributed by atoms with E-state index in [1.807, 2.05) is 27.9 Å². The molecule has 0 saturated heterocycles. The number of nitrogens with zero attached hydrogens (tertiary/aromatic N) is 1. The number of carbonyl (C=O) groups is 2. The van der Waals surface area contributed by atoms with E-state index in [0.717, 1.165) is 0 Å². The molecule has 1 atom stereocenters. The predicted molar refractivity (Wildman–Crippen MR) is 104 cm³/mol. The lowest BCUT2D eigenvalue weighted by Gasteiger charge is -2.14. The molecule has 24 heavy (non-hydrogen) atoms. The van der Waals surface area contributed by atoms with Gasteiger partial charge in [-0.1, -0.05) is 13.8 Å². The number of nitrogens with one attached hydrogen (secondary N) is 2. The topological polar surface area (TPSA) is 87.5 Å². The van der Waals surface area contributed by atoms with E-state index in [4.69, 9.17) is 5.73 Å². The van der Waals surface area contributed by atoms with Crippen molar-refractivity contribution in [3.8, 4) is 0 Å². The van der Waals surface area contributed by atoms with Gasteiger partial charge in [0.15, 0.2) is 0 Å². The van der Waals surface area contributed by atoms with Gasteiger partial charge < -0.3 is 21.3 Å². The Hall–Kier alpha value is -1.34. The summed E-state index contributed by atoms with van der Waals surface area (Å²) in [5.74, 6) is 0.0915. The zero-order valence-electron chi connectivity index (χ0n) is 14.5. The highest BCUT2D eigenvalue weighted by atomic mass is 35.5. The molecule has 0 spiro atoms. The van der Waals surface area contributed by atoms with Gasteiger partial charge in [-0.05, 0) is 50.7 Å². The second kappa shape index (κ2) is 12.1. The van der Waals surface area contributed by atoms with Crippen molar-refractivity contribution in [2.45, 2.75) is 26.3 Å². The van der Waals surface area contributed by atoms with Crippen LogP contribution in [0.2, 0.25) is 0 Å². The third-order valence-electron chi connectivity index (χ3n) is 2.96. The number of benzene rings is 1. The molecule has 4 N–H and O–H groups in total. The maximum atomic E-state index is 11.9. The van der Waals surface area contributed by atoms with E-state index in [2.05, 4.69) is 10.6 Å². The number of amides is 2. The van der Waals surface area contributed by atoms with Crippen molar-refractivity contribution in [2.24, 2.45) is 11.7 Å². The number of rotatable bonds is 7. The fourth-order valence-electron chi connectivity index (χ4n) is 1.97. The quantitative estimate of drug-likeness (QED) is 0.679. The van der Waals surface area contributed by atoms with Crippen LogP contribution in [0.5, 0.6) is 0 Å². The molecule has 138 valence electrons. The summed E-state index contributed by atoms with van der Waals surface area (Å²) in [6, 6.07) is 6.46. The first kappa shape index (κ1) is 24.9. The number of hydrogen-bond donors (Lipinski definition) is 3. The van der Waals surface area contributed by atoms with Crippen molar-refractivity contribution in [2.75, 3.05) is 31.3 Å². The van der Waals surface area contributed by atoms with Crippen LogP contribution in [0.1, 0.15) is 20.3 Å². The van der Waals surface area contributed by atoms with Gasteiger partial charge in [0.1, 0.15) is 0 Å². The van der Waals surface area contributed by atoms with Crippen molar-refractivity contribution in [1.82, 2.24) is 4.90 Å². The molecule has 1 rings (SSSR count). The van der Waals surface area contributed by atoms with Gasteiger partial charge in [0.2, 0.25) is 11.8 Å². The third kappa shape index (κ3) is 9.72. The number of nitrogens with two attached hydrogens (primary N) is 1. The van der Waals surface area contributed by atoms with Gasteiger partial charge in [0, 0.05) is 11.4 Å². The van der Waals surface area contributed by atoms with Gasteiger partial charge >= 0.3 is 0 Å². The van der Waals surface area contributed by atoms with E-state index in [9.17, 15) is 9.59 Å². The molecule has 0 fully saturated rings. The minimum atomic E-state index is -0.514. The molecule has 0 saturated carbocycles. The molecule has 1 aromatic rings. The molecule has 0 aliphatic carbocycles. The zero-order chi connectivity index (χ0) is 16.7. The van der Waals surface area contributed by atoms with Gasteiger partial charge in [-0.3, -0.25) is 9.59 Å². The summed E-state index contributed by atoms with van der Waals surface area (Å²) < 4.78 is 0. The predicted octanol–water partition coefficient (Wildman–Crippen LogP) is 2.34. The Labute approximate surface area is 156 Å². The molecule has 1 aromatic carbocycles. The molecule has 0 aliphatic rings. The molecule has 0 heterocycles. The Morgan fingerprint density at radius 1 is 1.04 bits per heavy atom. The average molecular weight is 379 g/mol. The number of carbonyl (C=O) groups excluding carboxylic acids is 2. The summed E-state index contributed by atoms with van der Waals surface area (Å²) in [5, 5.41) is 5.56. The minimum Gasteiger partial charge on any atom is -0.325 e. The maximum Gasteiger partial charge on any atom is 0.241 e. The average Bonchev–Trinajstić information content (AvgIpc) is 2.39. The second-order valence-electron chi connectivity index (χ2n) is 6.09. The Balaban J connectivity index is 0. The van der Waals surface area contributed by atoms with Crippen molar-refractivity contribution in [1.29, 1.82) is 0 Å². The SMILES string of the molecule is CC(C)C[C@H](N)C(=O)Nc1ccc(NC(=O)CN(C)C)cc1.Cl.Cl. The molecule has 0 aromatic heterocycles. The first-order chi connectivity index (χ1) is 10.3. The summed E-state index contributed by atoms with van der Waals surface area (Å²) in [6.07, 6.45) is 0.643. The number of likely N-dealkylation sites (N-methyl/N-ethyl adjacent to an activating group) is 1. The first-order valence-electron chi connectivity index (χ1n) is 7.39. The summed E-state index contributed by atoms with van der Waals surface area (Å²) in [6.45, 7) is 4.37. The second-order valence-corrected chi connectivity index (χ2v) is 6.09. The monoisotopic (exact) mass is 378 g/mol. The van der Waals surface area contributed by atoms with Crippen LogP contribution >= 0.6 is 24.8 Å². The van der Waals surface area contributed by atoms with Crippen molar-refractivity contribution in [3.05, 3.63) is 24.3 Å². The summed E-state index contributed by atoms with van der Waals surface area (Å²) in [7, 11) is 3.66. The lowest BCUT2D eigenvalue weighted by Crippen LogP contribution is -2.36. The molecular formula is C16H28Cl2N4O2. The highest BCUT2D eigenvalue weighted by molar-refractivity contribution is 5.95. The molecule has 0 unspecified atom stereocenters. The van der Waals surface area contributed by atoms with Gasteiger partial charge in [0.05, 0.1) is 12.6 Å². The fourth-order valence-corrected chi connectivity index (χ4v) is 1.97. The lowest BCUT2D eigenvalue weighted by atomic mass is 10.0. The van der Waals surface area contributed by atoms with Crippen molar-refractivity contribution in [3.63, 3.8) is 0 Å². The van der Waals surface area contributed by atoms with Crippen LogP contribution in [-0.2, 0) is 9.59 Å². The van der Waals surface area contributed by atoms with Crippen LogP contribution in [0, 0.1) is 5.92 Å². The molecule has 0 radical (unpaired) electrons. The van der Waals surface area contributed by atoms with Crippen LogP contribution in [0.4, 0.5) is 11.4 Å². The maximum absolute atomic E-state index is 11.9. The van der Waals surface area contributed by atoms with Gasteiger partial charge in [0.25, 0.3) is 0 Å². The fraction of sp³-hybridized carbons (Fsp3) is 0.500. The Morgan fingerprint density at radius 2 is 1.50 bits per heavy atom. The standard InChI is InChI=1S/C16H26N4O2.2ClH/c1-11(2)9-14(17)16(22)19-13-7-5-12(6-8-13)18-15(21)10-20(3)4;;/h5-8,11,14H,9-10,17H2,1-4H3,(H,18,21)(H,19,22);2*1H/t14-;;/m0../s1. The highest BCUT2D eigenvalue weighted by Crippen LogP contribution is 2.14. The van der Waals surface area contributed by atoms with E-state index in [1.165, 1.54) is 0 Å².